The average molecular weight is 375 g/mol. The second-order valence-electron chi connectivity index (χ2n) is 5.73. The molecule has 0 saturated heterocycles. The molecule has 1 aliphatic heterocycles. The highest BCUT2D eigenvalue weighted by Crippen LogP contribution is 2.27. The highest BCUT2D eigenvalue weighted by Gasteiger charge is 2.17. The molecule has 3 rings (SSSR count). The second kappa shape index (κ2) is 8.54. The molecular formula is C19H19FN2OS2. The summed E-state index contributed by atoms with van der Waals surface area (Å²) in [6, 6.07) is 13.9. The Hall–Kier alpha value is -1.79. The largest absolute Gasteiger partial charge is 0.337 e. The van der Waals surface area contributed by atoms with Crippen molar-refractivity contribution in [2.24, 2.45) is 4.99 Å². The summed E-state index contributed by atoms with van der Waals surface area (Å²) in [4.78, 5) is 18.9. The molecule has 6 heteroatoms. The second-order valence-corrected chi connectivity index (χ2v) is 8.04. The molecule has 25 heavy (non-hydrogen) atoms. The number of aliphatic imine (C=N–C) groups is 1. The van der Waals surface area contributed by atoms with Gasteiger partial charge in [0.1, 0.15) is 10.2 Å². The van der Waals surface area contributed by atoms with E-state index in [4.69, 9.17) is 0 Å². The van der Waals surface area contributed by atoms with Gasteiger partial charge in [0.05, 0.1) is 6.54 Å². The predicted octanol–water partition coefficient (Wildman–Crippen LogP) is 4.43. The summed E-state index contributed by atoms with van der Waals surface area (Å²) in [6.45, 7) is 1.33. The molecule has 0 N–H and O–H groups in total. The molecule has 1 aliphatic rings. The quantitative estimate of drug-likeness (QED) is 0.776. The zero-order valence-corrected chi connectivity index (χ0v) is 15.6. The van der Waals surface area contributed by atoms with Gasteiger partial charge in [0.25, 0.3) is 5.91 Å². The van der Waals surface area contributed by atoms with Crippen LogP contribution in [0.15, 0.2) is 53.5 Å². The molecule has 0 fully saturated rings. The predicted molar refractivity (Wildman–Crippen MR) is 105 cm³/mol. The van der Waals surface area contributed by atoms with Crippen LogP contribution in [0.4, 0.5) is 4.39 Å². The number of hydrogen-bond acceptors (Lipinski definition) is 4. The van der Waals surface area contributed by atoms with Crippen molar-refractivity contribution in [2.75, 3.05) is 19.3 Å². The normalized spacial score (nSPS) is 13.6. The van der Waals surface area contributed by atoms with Crippen LogP contribution in [0, 0.1) is 5.82 Å². The topological polar surface area (TPSA) is 32.7 Å². The third-order valence-corrected chi connectivity index (χ3v) is 6.14. The zero-order chi connectivity index (χ0) is 17.6. The van der Waals surface area contributed by atoms with Crippen molar-refractivity contribution in [3.63, 3.8) is 0 Å². The SMILES string of the molecule is CN(Cc1ccc(F)cc1)C(=O)c1ccccc1CSC1=NCCS1. The highest BCUT2D eigenvalue weighted by atomic mass is 32.2. The van der Waals surface area contributed by atoms with Crippen LogP contribution < -0.4 is 0 Å². The molecule has 1 amide bonds. The Labute approximate surface area is 155 Å². The van der Waals surface area contributed by atoms with Gasteiger partial charge in [-0.25, -0.2) is 4.39 Å². The third-order valence-electron chi connectivity index (χ3n) is 3.84. The van der Waals surface area contributed by atoms with Gasteiger partial charge in [-0.3, -0.25) is 9.79 Å². The highest BCUT2D eigenvalue weighted by molar-refractivity contribution is 8.38. The first-order valence-electron chi connectivity index (χ1n) is 8.01. The van der Waals surface area contributed by atoms with E-state index in [9.17, 15) is 9.18 Å². The average Bonchev–Trinajstić information content (AvgIpc) is 3.15. The van der Waals surface area contributed by atoms with E-state index in [0.717, 1.165) is 33.6 Å². The van der Waals surface area contributed by atoms with Crippen molar-refractivity contribution in [1.29, 1.82) is 0 Å². The number of thioether (sulfide) groups is 2. The van der Waals surface area contributed by atoms with Crippen molar-refractivity contribution >= 4 is 33.8 Å². The Kier molecular flexibility index (Phi) is 6.15. The summed E-state index contributed by atoms with van der Waals surface area (Å²) >= 11 is 3.46. The molecule has 130 valence electrons. The van der Waals surface area contributed by atoms with E-state index in [1.54, 1.807) is 47.6 Å². The van der Waals surface area contributed by atoms with E-state index in [1.165, 1.54) is 12.1 Å². The van der Waals surface area contributed by atoms with Crippen LogP contribution in [-0.4, -0.2) is 34.5 Å². The maximum atomic E-state index is 13.0. The van der Waals surface area contributed by atoms with Crippen LogP contribution >= 0.6 is 23.5 Å². The molecule has 0 unspecified atom stereocenters. The lowest BCUT2D eigenvalue weighted by molar-refractivity contribution is 0.0784. The van der Waals surface area contributed by atoms with E-state index in [0.29, 0.717) is 12.1 Å². The summed E-state index contributed by atoms with van der Waals surface area (Å²) in [5, 5.41) is 0. The fourth-order valence-electron chi connectivity index (χ4n) is 2.54. The molecule has 0 aromatic heterocycles. The minimum absolute atomic E-state index is 0.0264. The summed E-state index contributed by atoms with van der Waals surface area (Å²) in [5.74, 6) is 1.48. The Morgan fingerprint density at radius 1 is 1.24 bits per heavy atom. The number of carbonyl (C=O) groups is 1. The number of rotatable bonds is 5. The van der Waals surface area contributed by atoms with Crippen LogP contribution in [0.1, 0.15) is 21.5 Å². The third kappa shape index (κ3) is 4.86. The summed E-state index contributed by atoms with van der Waals surface area (Å²) in [5.41, 5.74) is 2.63. The van der Waals surface area contributed by atoms with Crippen LogP contribution in [0.2, 0.25) is 0 Å². The van der Waals surface area contributed by atoms with Gasteiger partial charge in [0, 0.05) is 30.7 Å². The van der Waals surface area contributed by atoms with Crippen LogP contribution in [-0.2, 0) is 12.3 Å². The standard InChI is InChI=1S/C19H19FN2OS2/c1-22(12-14-6-8-16(20)9-7-14)18(23)17-5-3-2-4-15(17)13-25-19-21-10-11-24-19/h2-9H,10-13H2,1H3. The maximum absolute atomic E-state index is 13.0. The molecule has 0 aliphatic carbocycles. The minimum Gasteiger partial charge on any atom is -0.337 e. The lowest BCUT2D eigenvalue weighted by Crippen LogP contribution is -2.27. The van der Waals surface area contributed by atoms with Gasteiger partial charge in [0.2, 0.25) is 0 Å². The summed E-state index contributed by atoms with van der Waals surface area (Å²) in [7, 11) is 1.77. The van der Waals surface area contributed by atoms with E-state index in [2.05, 4.69) is 4.99 Å². The first-order chi connectivity index (χ1) is 12.1. The van der Waals surface area contributed by atoms with E-state index >= 15 is 0 Å². The van der Waals surface area contributed by atoms with Crippen molar-refractivity contribution in [3.8, 4) is 0 Å². The van der Waals surface area contributed by atoms with E-state index in [-0.39, 0.29) is 11.7 Å². The van der Waals surface area contributed by atoms with Gasteiger partial charge in [0.15, 0.2) is 0 Å². The minimum atomic E-state index is -0.271. The first kappa shape index (κ1) is 18.0. The smallest absolute Gasteiger partial charge is 0.254 e. The lowest BCUT2D eigenvalue weighted by atomic mass is 10.1. The number of benzene rings is 2. The van der Waals surface area contributed by atoms with Crippen LogP contribution in [0.25, 0.3) is 0 Å². The van der Waals surface area contributed by atoms with Gasteiger partial charge >= 0.3 is 0 Å². The number of amides is 1. The number of carbonyl (C=O) groups excluding carboxylic acids is 1. The molecule has 0 spiro atoms. The molecular weight excluding hydrogens is 355 g/mol. The number of nitrogens with zero attached hydrogens (tertiary/aromatic N) is 2. The van der Waals surface area contributed by atoms with Crippen molar-refractivity contribution in [3.05, 3.63) is 71.0 Å². The fourth-order valence-corrected chi connectivity index (χ4v) is 4.55. The molecule has 0 atom stereocenters. The zero-order valence-electron chi connectivity index (χ0n) is 13.9. The molecule has 0 radical (unpaired) electrons. The Balaban J connectivity index is 1.69. The number of hydrogen-bond donors (Lipinski definition) is 0. The molecule has 1 heterocycles. The van der Waals surface area contributed by atoms with Crippen molar-refractivity contribution < 1.29 is 9.18 Å². The van der Waals surface area contributed by atoms with Gasteiger partial charge in [-0.1, -0.05) is 53.9 Å². The molecule has 0 saturated carbocycles. The van der Waals surface area contributed by atoms with Crippen molar-refractivity contribution in [2.45, 2.75) is 12.3 Å². The fraction of sp³-hybridized carbons (Fsp3) is 0.263. The Morgan fingerprint density at radius 3 is 2.72 bits per heavy atom. The molecule has 2 aromatic carbocycles. The first-order valence-corrected chi connectivity index (χ1v) is 9.98. The Morgan fingerprint density at radius 2 is 2.00 bits per heavy atom. The Bertz CT molecular complexity index is 777. The monoisotopic (exact) mass is 374 g/mol. The van der Waals surface area contributed by atoms with Crippen LogP contribution in [0.5, 0.6) is 0 Å². The van der Waals surface area contributed by atoms with E-state index in [1.807, 2.05) is 24.3 Å². The molecule has 2 aromatic rings. The van der Waals surface area contributed by atoms with Crippen molar-refractivity contribution in [1.82, 2.24) is 4.90 Å². The van der Waals surface area contributed by atoms with Gasteiger partial charge in [-0.15, -0.1) is 0 Å². The molecule has 0 bridgehead atoms. The summed E-state index contributed by atoms with van der Waals surface area (Å²) < 4.78 is 14.1. The molecule has 3 nitrogen and oxygen atoms in total. The van der Waals surface area contributed by atoms with Gasteiger partial charge in [-0.2, -0.15) is 0 Å². The van der Waals surface area contributed by atoms with E-state index < -0.39 is 0 Å². The maximum Gasteiger partial charge on any atom is 0.254 e. The summed E-state index contributed by atoms with van der Waals surface area (Å²) in [6.07, 6.45) is 0. The van der Waals surface area contributed by atoms with Crippen LogP contribution in [0.3, 0.4) is 0 Å². The van der Waals surface area contributed by atoms with Gasteiger partial charge in [-0.05, 0) is 29.3 Å². The number of halogens is 1. The lowest BCUT2D eigenvalue weighted by Gasteiger charge is -2.19. The van der Waals surface area contributed by atoms with Gasteiger partial charge < -0.3 is 4.90 Å².